The van der Waals surface area contributed by atoms with E-state index in [1.54, 1.807) is 22.3 Å². The Bertz CT molecular complexity index is 522. The summed E-state index contributed by atoms with van der Waals surface area (Å²) in [6.07, 6.45) is 5.63. The lowest BCUT2D eigenvalue weighted by molar-refractivity contribution is 0.219. The van der Waals surface area contributed by atoms with Gasteiger partial charge in [-0.05, 0) is 70.6 Å². The predicted molar refractivity (Wildman–Crippen MR) is 87.6 cm³/mol. The Morgan fingerprint density at radius 1 is 0.800 bits per heavy atom. The summed E-state index contributed by atoms with van der Waals surface area (Å²) >= 11 is 0. The topological polar surface area (TPSA) is 0 Å². The van der Waals surface area contributed by atoms with Gasteiger partial charge in [0.25, 0.3) is 0 Å². The first kappa shape index (κ1) is 14.2. The van der Waals surface area contributed by atoms with Gasteiger partial charge in [-0.3, -0.25) is 0 Å². The Hall–Kier alpha value is -0.780. The van der Waals surface area contributed by atoms with Crippen LogP contribution in [-0.4, -0.2) is 0 Å². The molecule has 0 heteroatoms. The molecular weight excluding hydrogens is 240 g/mol. The van der Waals surface area contributed by atoms with Crippen LogP contribution in [0.1, 0.15) is 89.0 Å². The highest BCUT2D eigenvalue weighted by Gasteiger charge is 2.40. The van der Waals surface area contributed by atoms with Crippen LogP contribution < -0.4 is 0 Å². The molecule has 1 aromatic rings. The van der Waals surface area contributed by atoms with Gasteiger partial charge in [-0.15, -0.1) is 0 Å². The van der Waals surface area contributed by atoms with Crippen molar-refractivity contribution in [2.24, 2.45) is 5.92 Å². The Morgan fingerprint density at radius 2 is 1.40 bits per heavy atom. The van der Waals surface area contributed by atoms with Gasteiger partial charge in [-0.25, -0.2) is 0 Å². The molecule has 2 aliphatic carbocycles. The first-order valence-corrected chi connectivity index (χ1v) is 8.36. The molecule has 2 unspecified atom stereocenters. The van der Waals surface area contributed by atoms with E-state index in [0.29, 0.717) is 0 Å². The van der Waals surface area contributed by atoms with Crippen LogP contribution in [0.2, 0.25) is 0 Å². The van der Waals surface area contributed by atoms with Crippen molar-refractivity contribution in [3.05, 3.63) is 34.4 Å². The summed E-state index contributed by atoms with van der Waals surface area (Å²) in [7, 11) is 0. The minimum atomic E-state index is 0.275. The summed E-state index contributed by atoms with van der Waals surface area (Å²) < 4.78 is 0. The second-order valence-corrected chi connectivity index (χ2v) is 9.04. The summed E-state index contributed by atoms with van der Waals surface area (Å²) in [5.41, 5.74) is 7.24. The number of fused-ring (bicyclic) bond motifs is 3. The molecule has 0 aromatic heterocycles. The molecule has 1 saturated carbocycles. The molecule has 0 N–H and O–H groups in total. The molecule has 2 atom stereocenters. The molecule has 0 spiro atoms. The predicted octanol–water partition coefficient (Wildman–Crippen LogP) is 5.72. The third-order valence-electron chi connectivity index (χ3n) is 5.53. The first-order valence-electron chi connectivity index (χ1n) is 8.36. The van der Waals surface area contributed by atoms with Gasteiger partial charge < -0.3 is 0 Å². The number of hydrogen-bond donors (Lipinski definition) is 0. The third-order valence-corrected chi connectivity index (χ3v) is 5.53. The third kappa shape index (κ3) is 2.12. The molecule has 0 heterocycles. The van der Waals surface area contributed by atoms with E-state index in [1.165, 1.54) is 25.7 Å². The molecule has 0 aliphatic heterocycles. The van der Waals surface area contributed by atoms with Gasteiger partial charge in [0.05, 0.1) is 0 Å². The zero-order valence-electron chi connectivity index (χ0n) is 14.1. The van der Waals surface area contributed by atoms with E-state index in [4.69, 9.17) is 0 Å². The maximum Gasteiger partial charge on any atom is -0.0128 e. The monoisotopic (exact) mass is 270 g/mol. The SMILES string of the molecule is CC(C)(C)c1ccc(C(C)(C)C)c2c1CCC1CCC21. The summed E-state index contributed by atoms with van der Waals surface area (Å²) in [5, 5.41) is 0. The van der Waals surface area contributed by atoms with Crippen LogP contribution in [0.3, 0.4) is 0 Å². The summed E-state index contributed by atoms with van der Waals surface area (Å²) in [6.45, 7) is 14.2. The average Bonchev–Trinajstić information content (AvgIpc) is 2.25. The number of rotatable bonds is 0. The van der Waals surface area contributed by atoms with Crippen LogP contribution in [0.15, 0.2) is 12.1 Å². The molecule has 20 heavy (non-hydrogen) atoms. The van der Waals surface area contributed by atoms with Crippen molar-refractivity contribution >= 4 is 0 Å². The van der Waals surface area contributed by atoms with Gasteiger partial charge >= 0.3 is 0 Å². The number of benzene rings is 1. The Kier molecular flexibility index (Phi) is 3.09. The Balaban J connectivity index is 2.22. The molecule has 1 aromatic carbocycles. The zero-order chi connectivity index (χ0) is 14.7. The van der Waals surface area contributed by atoms with E-state index in [1.807, 2.05) is 0 Å². The smallest absolute Gasteiger partial charge is 0.0128 e. The fourth-order valence-electron chi connectivity index (χ4n) is 4.34. The van der Waals surface area contributed by atoms with E-state index in [9.17, 15) is 0 Å². The van der Waals surface area contributed by atoms with Crippen molar-refractivity contribution < 1.29 is 0 Å². The van der Waals surface area contributed by atoms with Crippen molar-refractivity contribution in [2.45, 2.75) is 84.0 Å². The van der Waals surface area contributed by atoms with E-state index < -0.39 is 0 Å². The lowest BCUT2D eigenvalue weighted by Gasteiger charge is -2.46. The highest BCUT2D eigenvalue weighted by molar-refractivity contribution is 5.50. The average molecular weight is 270 g/mol. The lowest BCUT2D eigenvalue weighted by atomic mass is 9.59. The van der Waals surface area contributed by atoms with Crippen molar-refractivity contribution in [3.63, 3.8) is 0 Å². The molecule has 0 amide bonds. The Labute approximate surface area is 125 Å². The molecule has 1 fully saturated rings. The van der Waals surface area contributed by atoms with Gasteiger partial charge in [0.2, 0.25) is 0 Å². The van der Waals surface area contributed by atoms with Gasteiger partial charge in [0, 0.05) is 0 Å². The molecule has 0 nitrogen and oxygen atoms in total. The largest absolute Gasteiger partial charge is 0.0579 e. The van der Waals surface area contributed by atoms with E-state index >= 15 is 0 Å². The molecular formula is C20H30. The van der Waals surface area contributed by atoms with Crippen LogP contribution in [-0.2, 0) is 17.3 Å². The number of hydrogen-bond acceptors (Lipinski definition) is 0. The maximum atomic E-state index is 2.44. The van der Waals surface area contributed by atoms with Gasteiger partial charge in [0.15, 0.2) is 0 Å². The maximum absolute atomic E-state index is 2.44. The van der Waals surface area contributed by atoms with Crippen molar-refractivity contribution in [1.29, 1.82) is 0 Å². The minimum absolute atomic E-state index is 0.275. The fraction of sp³-hybridized carbons (Fsp3) is 0.700. The second-order valence-electron chi connectivity index (χ2n) is 9.04. The van der Waals surface area contributed by atoms with E-state index in [0.717, 1.165) is 11.8 Å². The van der Waals surface area contributed by atoms with E-state index in [-0.39, 0.29) is 10.8 Å². The zero-order valence-corrected chi connectivity index (χ0v) is 14.1. The Morgan fingerprint density at radius 3 is 1.90 bits per heavy atom. The molecule has 2 aliphatic rings. The van der Waals surface area contributed by atoms with Crippen LogP contribution in [0.25, 0.3) is 0 Å². The van der Waals surface area contributed by atoms with Crippen LogP contribution >= 0.6 is 0 Å². The van der Waals surface area contributed by atoms with Gasteiger partial charge in [-0.1, -0.05) is 53.7 Å². The lowest BCUT2D eigenvalue weighted by Crippen LogP contribution is -2.34. The van der Waals surface area contributed by atoms with Crippen LogP contribution in [0.4, 0.5) is 0 Å². The molecule has 0 bridgehead atoms. The van der Waals surface area contributed by atoms with Crippen molar-refractivity contribution in [2.75, 3.05) is 0 Å². The summed E-state index contributed by atoms with van der Waals surface area (Å²) in [5.74, 6) is 1.86. The van der Waals surface area contributed by atoms with Crippen molar-refractivity contribution in [3.8, 4) is 0 Å². The van der Waals surface area contributed by atoms with Crippen molar-refractivity contribution in [1.82, 2.24) is 0 Å². The molecule has 3 rings (SSSR count). The van der Waals surface area contributed by atoms with Gasteiger partial charge in [0.1, 0.15) is 0 Å². The normalized spacial score (nSPS) is 25.7. The standard InChI is InChI=1S/C20H30/c1-19(2,3)16-11-12-17(20(4,5)6)18-14-9-7-13(14)8-10-15(16)18/h11-14H,7-10H2,1-6H3. The fourth-order valence-corrected chi connectivity index (χ4v) is 4.34. The first-order chi connectivity index (χ1) is 9.19. The van der Waals surface area contributed by atoms with Crippen LogP contribution in [0, 0.1) is 5.92 Å². The minimum Gasteiger partial charge on any atom is -0.0579 e. The quantitative estimate of drug-likeness (QED) is 0.565. The molecule has 0 radical (unpaired) electrons. The highest BCUT2D eigenvalue weighted by Crippen LogP contribution is 2.53. The van der Waals surface area contributed by atoms with Gasteiger partial charge in [-0.2, -0.15) is 0 Å². The summed E-state index contributed by atoms with van der Waals surface area (Å²) in [6, 6.07) is 4.87. The second kappa shape index (κ2) is 4.36. The van der Waals surface area contributed by atoms with Crippen LogP contribution in [0.5, 0.6) is 0 Å². The molecule has 110 valence electrons. The van der Waals surface area contributed by atoms with E-state index in [2.05, 4.69) is 53.7 Å². The highest BCUT2D eigenvalue weighted by atomic mass is 14.4. The molecule has 0 saturated heterocycles. The summed E-state index contributed by atoms with van der Waals surface area (Å²) in [4.78, 5) is 0.